The fourth-order valence-electron chi connectivity index (χ4n) is 1.17. The van der Waals surface area contributed by atoms with Gasteiger partial charge >= 0.3 is 12.1 Å². The van der Waals surface area contributed by atoms with Crippen LogP contribution in [0.2, 0.25) is 0 Å². The third kappa shape index (κ3) is 3.76. The van der Waals surface area contributed by atoms with Gasteiger partial charge in [0.25, 0.3) is 5.91 Å². The van der Waals surface area contributed by atoms with E-state index in [0.29, 0.717) is 18.2 Å². The standard InChI is InChI=1S/C10H7F6NO2/c11-5-1-2-6(10(15,16)8(17)18)7(3-5)19-4-9(12,13)14/h1-3H,4H2,(H2,17,18). The fourth-order valence-corrected chi connectivity index (χ4v) is 1.17. The number of carbonyl (C=O) groups excluding carboxylic acids is 1. The third-order valence-electron chi connectivity index (χ3n) is 1.98. The van der Waals surface area contributed by atoms with Gasteiger partial charge in [-0.05, 0) is 12.1 Å². The number of amides is 1. The van der Waals surface area contributed by atoms with Gasteiger partial charge < -0.3 is 10.5 Å². The van der Waals surface area contributed by atoms with Crippen LogP contribution in [0.3, 0.4) is 0 Å². The Balaban J connectivity index is 3.15. The first-order valence-corrected chi connectivity index (χ1v) is 4.71. The Morgan fingerprint density at radius 1 is 1.21 bits per heavy atom. The second-order valence-corrected chi connectivity index (χ2v) is 3.48. The Labute approximate surface area is 102 Å². The van der Waals surface area contributed by atoms with Gasteiger partial charge in [-0.2, -0.15) is 22.0 Å². The van der Waals surface area contributed by atoms with Gasteiger partial charge in [0.15, 0.2) is 6.61 Å². The molecule has 0 saturated heterocycles. The van der Waals surface area contributed by atoms with Gasteiger partial charge in [-0.25, -0.2) is 4.39 Å². The highest BCUT2D eigenvalue weighted by Crippen LogP contribution is 2.35. The summed E-state index contributed by atoms with van der Waals surface area (Å²) in [7, 11) is 0. The molecule has 19 heavy (non-hydrogen) atoms. The molecule has 0 aromatic heterocycles. The zero-order chi connectivity index (χ0) is 14.8. The zero-order valence-electron chi connectivity index (χ0n) is 9.10. The number of rotatable bonds is 4. The highest BCUT2D eigenvalue weighted by Gasteiger charge is 2.42. The maximum atomic E-state index is 13.3. The maximum absolute atomic E-state index is 13.3. The monoisotopic (exact) mass is 287 g/mol. The van der Waals surface area contributed by atoms with E-state index in [-0.39, 0.29) is 0 Å². The largest absolute Gasteiger partial charge is 0.483 e. The van der Waals surface area contributed by atoms with Crippen LogP contribution >= 0.6 is 0 Å². The Morgan fingerprint density at radius 2 is 1.79 bits per heavy atom. The molecule has 2 N–H and O–H groups in total. The predicted molar refractivity (Wildman–Crippen MR) is 51.0 cm³/mol. The van der Waals surface area contributed by atoms with Crippen molar-refractivity contribution >= 4 is 5.91 Å². The number of hydrogen-bond acceptors (Lipinski definition) is 2. The maximum Gasteiger partial charge on any atom is 0.422 e. The Morgan fingerprint density at radius 3 is 2.26 bits per heavy atom. The van der Waals surface area contributed by atoms with Crippen LogP contribution in [0.1, 0.15) is 5.56 Å². The molecule has 0 radical (unpaired) electrons. The van der Waals surface area contributed by atoms with E-state index in [9.17, 15) is 31.1 Å². The highest BCUT2D eigenvalue weighted by molar-refractivity contribution is 5.83. The minimum absolute atomic E-state index is 0.317. The Bertz CT molecular complexity index is 485. The van der Waals surface area contributed by atoms with Crippen molar-refractivity contribution in [3.8, 4) is 5.75 Å². The highest BCUT2D eigenvalue weighted by atomic mass is 19.4. The number of nitrogens with two attached hydrogens (primary N) is 1. The van der Waals surface area contributed by atoms with E-state index in [4.69, 9.17) is 0 Å². The summed E-state index contributed by atoms with van der Waals surface area (Å²) in [5.41, 5.74) is 3.20. The second kappa shape index (κ2) is 4.98. The summed E-state index contributed by atoms with van der Waals surface area (Å²) in [5.74, 6) is -8.55. The van der Waals surface area contributed by atoms with Crippen molar-refractivity contribution in [2.24, 2.45) is 5.73 Å². The van der Waals surface area contributed by atoms with Crippen LogP contribution in [-0.2, 0) is 10.7 Å². The minimum Gasteiger partial charge on any atom is -0.483 e. The Kier molecular flexibility index (Phi) is 3.97. The number of alkyl halides is 5. The fraction of sp³-hybridized carbons (Fsp3) is 0.300. The number of primary amides is 1. The average molecular weight is 287 g/mol. The molecule has 1 aromatic carbocycles. The first kappa shape index (κ1) is 15.1. The van der Waals surface area contributed by atoms with Crippen molar-refractivity contribution in [1.29, 1.82) is 0 Å². The SMILES string of the molecule is NC(=O)C(F)(F)c1ccc(F)cc1OCC(F)(F)F. The quantitative estimate of drug-likeness (QED) is 0.864. The lowest BCUT2D eigenvalue weighted by Gasteiger charge is -2.18. The first-order valence-electron chi connectivity index (χ1n) is 4.71. The molecule has 3 nitrogen and oxygen atoms in total. The van der Waals surface area contributed by atoms with Crippen molar-refractivity contribution in [3.63, 3.8) is 0 Å². The summed E-state index contributed by atoms with van der Waals surface area (Å²) < 4.78 is 79.4. The van der Waals surface area contributed by atoms with Crippen LogP contribution in [0.15, 0.2) is 18.2 Å². The predicted octanol–water partition coefficient (Wildman–Crippen LogP) is 2.34. The summed E-state index contributed by atoms with van der Waals surface area (Å²) >= 11 is 0. The summed E-state index contributed by atoms with van der Waals surface area (Å²) in [6.07, 6.45) is -4.80. The number of halogens is 6. The van der Waals surface area contributed by atoms with E-state index >= 15 is 0 Å². The van der Waals surface area contributed by atoms with E-state index in [1.165, 1.54) is 0 Å². The summed E-state index contributed by atoms with van der Waals surface area (Å²) in [6.45, 7) is -1.90. The van der Waals surface area contributed by atoms with Gasteiger partial charge in [0.1, 0.15) is 11.6 Å². The molecule has 0 bridgehead atoms. The summed E-state index contributed by atoms with van der Waals surface area (Å²) in [6, 6.07) is 1.30. The van der Waals surface area contributed by atoms with Gasteiger partial charge in [0.2, 0.25) is 0 Å². The third-order valence-corrected chi connectivity index (χ3v) is 1.98. The van der Waals surface area contributed by atoms with Crippen molar-refractivity contribution < 1.29 is 35.9 Å². The molecule has 0 aliphatic carbocycles. The molecule has 1 amide bonds. The average Bonchev–Trinajstić information content (AvgIpc) is 2.24. The smallest absolute Gasteiger partial charge is 0.422 e. The lowest BCUT2D eigenvalue weighted by atomic mass is 10.1. The molecule has 0 atom stereocenters. The molecule has 0 spiro atoms. The molecule has 9 heteroatoms. The van der Waals surface area contributed by atoms with Gasteiger partial charge in [-0.15, -0.1) is 0 Å². The number of ether oxygens (including phenoxy) is 1. The topological polar surface area (TPSA) is 52.3 Å². The van der Waals surface area contributed by atoms with Crippen molar-refractivity contribution in [2.75, 3.05) is 6.61 Å². The molecular formula is C10H7F6NO2. The number of benzene rings is 1. The normalized spacial score (nSPS) is 12.3. The molecular weight excluding hydrogens is 280 g/mol. The van der Waals surface area contributed by atoms with Crippen LogP contribution in [-0.4, -0.2) is 18.7 Å². The molecule has 1 rings (SSSR count). The molecule has 1 aromatic rings. The molecule has 0 fully saturated rings. The van der Waals surface area contributed by atoms with Crippen molar-refractivity contribution in [2.45, 2.75) is 12.1 Å². The lowest BCUT2D eigenvalue weighted by Crippen LogP contribution is -2.33. The van der Waals surface area contributed by atoms with Crippen LogP contribution in [0.4, 0.5) is 26.3 Å². The molecule has 0 aliphatic heterocycles. The second-order valence-electron chi connectivity index (χ2n) is 3.48. The van der Waals surface area contributed by atoms with Gasteiger partial charge in [0, 0.05) is 6.07 Å². The number of carbonyl (C=O) groups is 1. The summed E-state index contributed by atoms with van der Waals surface area (Å²) in [5, 5.41) is 0. The van der Waals surface area contributed by atoms with Crippen LogP contribution in [0, 0.1) is 5.82 Å². The molecule has 0 saturated carbocycles. The van der Waals surface area contributed by atoms with Crippen LogP contribution < -0.4 is 10.5 Å². The van der Waals surface area contributed by atoms with Crippen molar-refractivity contribution in [3.05, 3.63) is 29.6 Å². The Hall–Kier alpha value is -1.93. The van der Waals surface area contributed by atoms with E-state index in [1.54, 1.807) is 0 Å². The zero-order valence-corrected chi connectivity index (χ0v) is 9.10. The van der Waals surface area contributed by atoms with Gasteiger partial charge in [-0.1, -0.05) is 0 Å². The van der Waals surface area contributed by atoms with E-state index in [0.717, 1.165) is 0 Å². The molecule has 0 unspecified atom stereocenters. The van der Waals surface area contributed by atoms with E-state index in [1.807, 2.05) is 0 Å². The molecule has 0 heterocycles. The number of hydrogen-bond donors (Lipinski definition) is 1. The summed E-state index contributed by atoms with van der Waals surface area (Å²) in [4.78, 5) is 10.6. The van der Waals surface area contributed by atoms with E-state index < -0.39 is 41.7 Å². The van der Waals surface area contributed by atoms with Gasteiger partial charge in [0.05, 0.1) is 5.56 Å². The molecule has 0 aliphatic rings. The minimum atomic E-state index is -4.80. The lowest BCUT2D eigenvalue weighted by molar-refractivity contribution is -0.154. The van der Waals surface area contributed by atoms with Crippen LogP contribution in [0.5, 0.6) is 5.75 Å². The van der Waals surface area contributed by atoms with Crippen molar-refractivity contribution in [1.82, 2.24) is 0 Å². The van der Waals surface area contributed by atoms with Gasteiger partial charge in [-0.3, -0.25) is 4.79 Å². The molecule has 106 valence electrons. The van der Waals surface area contributed by atoms with Crippen LogP contribution in [0.25, 0.3) is 0 Å². The van der Waals surface area contributed by atoms with E-state index in [2.05, 4.69) is 10.5 Å². The first-order chi connectivity index (χ1) is 8.54.